The molecule has 0 aliphatic carbocycles. The maximum atomic E-state index is 12.4. The van der Waals surface area contributed by atoms with E-state index in [1.165, 1.54) is 18.0 Å². The first kappa shape index (κ1) is 18.2. The van der Waals surface area contributed by atoms with Crippen LogP contribution in [0.1, 0.15) is 12.0 Å². The third-order valence-electron chi connectivity index (χ3n) is 4.56. The first-order chi connectivity index (χ1) is 11.8. The van der Waals surface area contributed by atoms with Crippen molar-refractivity contribution in [2.75, 3.05) is 19.8 Å². The van der Waals surface area contributed by atoms with E-state index in [9.17, 15) is 30.0 Å². The SMILES string of the molecule is Cc1cn([C@@]2(N3CCOC(O)C3O)C[C@H](O)[C@@H](CO)O2)c(=O)[nH]c1=O. The number of hydrogen-bond acceptors (Lipinski definition) is 9. The van der Waals surface area contributed by atoms with Crippen molar-refractivity contribution in [1.82, 2.24) is 14.5 Å². The fourth-order valence-corrected chi connectivity index (χ4v) is 3.26. The van der Waals surface area contributed by atoms with Crippen LogP contribution < -0.4 is 11.2 Å². The van der Waals surface area contributed by atoms with Gasteiger partial charge >= 0.3 is 5.69 Å². The number of H-pyrrole nitrogens is 1. The van der Waals surface area contributed by atoms with Crippen molar-refractivity contribution in [3.63, 3.8) is 0 Å². The highest BCUT2D eigenvalue weighted by Gasteiger charge is 2.55. The number of morpholine rings is 1. The van der Waals surface area contributed by atoms with Crippen molar-refractivity contribution in [3.05, 3.63) is 32.6 Å². The lowest BCUT2D eigenvalue weighted by Crippen LogP contribution is -2.64. The third-order valence-corrected chi connectivity index (χ3v) is 4.56. The van der Waals surface area contributed by atoms with Crippen molar-refractivity contribution in [1.29, 1.82) is 0 Å². The summed E-state index contributed by atoms with van der Waals surface area (Å²) in [6.07, 6.45) is -4.14. The molecule has 0 bridgehead atoms. The van der Waals surface area contributed by atoms with Crippen LogP contribution in [-0.2, 0) is 15.3 Å². The van der Waals surface area contributed by atoms with Gasteiger partial charge in [-0.25, -0.2) is 9.69 Å². The Morgan fingerprint density at radius 2 is 2.08 bits per heavy atom. The lowest BCUT2D eigenvalue weighted by atomic mass is 10.1. The third kappa shape index (κ3) is 2.93. The molecule has 3 rings (SSSR count). The van der Waals surface area contributed by atoms with Crippen molar-refractivity contribution in [2.45, 2.75) is 43.9 Å². The summed E-state index contributed by atoms with van der Waals surface area (Å²) in [6.45, 7) is 1.10. The molecule has 0 saturated carbocycles. The Labute approximate surface area is 141 Å². The molecule has 0 aromatic carbocycles. The zero-order valence-corrected chi connectivity index (χ0v) is 13.5. The average Bonchev–Trinajstić information content (AvgIpc) is 2.91. The quantitative estimate of drug-likeness (QED) is 0.370. The molecule has 11 heteroatoms. The molecular weight excluding hydrogens is 338 g/mol. The molecule has 3 heterocycles. The van der Waals surface area contributed by atoms with E-state index in [0.29, 0.717) is 0 Å². The van der Waals surface area contributed by atoms with Gasteiger partial charge in [0, 0.05) is 24.7 Å². The molecule has 5 N–H and O–H groups in total. The van der Waals surface area contributed by atoms with Gasteiger partial charge in [0.1, 0.15) is 6.10 Å². The van der Waals surface area contributed by atoms with Crippen molar-refractivity contribution in [3.8, 4) is 0 Å². The second-order valence-electron chi connectivity index (χ2n) is 6.16. The van der Waals surface area contributed by atoms with E-state index in [-0.39, 0.29) is 25.1 Å². The summed E-state index contributed by atoms with van der Waals surface area (Å²) in [6, 6.07) is 0. The van der Waals surface area contributed by atoms with Gasteiger partial charge in [0.25, 0.3) is 5.56 Å². The number of aliphatic hydroxyl groups is 4. The first-order valence-corrected chi connectivity index (χ1v) is 7.84. The van der Waals surface area contributed by atoms with Crippen LogP contribution in [0.25, 0.3) is 0 Å². The van der Waals surface area contributed by atoms with Crippen LogP contribution in [0.5, 0.6) is 0 Å². The number of aromatic nitrogens is 2. The van der Waals surface area contributed by atoms with E-state index >= 15 is 0 Å². The number of nitrogens with zero attached hydrogens (tertiary/aromatic N) is 2. The zero-order valence-electron chi connectivity index (χ0n) is 13.5. The molecule has 140 valence electrons. The Balaban J connectivity index is 2.16. The second kappa shape index (κ2) is 6.61. The van der Waals surface area contributed by atoms with Gasteiger partial charge in [0.2, 0.25) is 5.85 Å². The molecule has 0 spiro atoms. The van der Waals surface area contributed by atoms with E-state index in [4.69, 9.17) is 9.47 Å². The van der Waals surface area contributed by atoms with Gasteiger partial charge in [-0.2, -0.15) is 0 Å². The van der Waals surface area contributed by atoms with Gasteiger partial charge in [0.15, 0.2) is 12.5 Å². The minimum atomic E-state index is -1.71. The standard InChI is InChI=1S/C14H21N3O8/c1-7-5-17(13(23)15-10(7)20)14(4-8(19)9(6-18)25-14)16-2-3-24-12(22)11(16)21/h5,8-9,11-12,18-19,21-22H,2-4,6H2,1H3,(H,15,20,23)/t8-,9+,11?,12?,14-/m0/s1. The highest BCUT2D eigenvalue weighted by molar-refractivity contribution is 5.05. The number of aryl methyl sites for hydroxylation is 1. The molecule has 2 aliphatic rings. The molecule has 2 aliphatic heterocycles. The van der Waals surface area contributed by atoms with E-state index in [2.05, 4.69) is 4.98 Å². The summed E-state index contributed by atoms with van der Waals surface area (Å²) in [5.74, 6) is -1.71. The predicted molar refractivity (Wildman–Crippen MR) is 81.3 cm³/mol. The maximum Gasteiger partial charge on any atom is 0.331 e. The predicted octanol–water partition coefficient (Wildman–Crippen LogP) is -3.43. The van der Waals surface area contributed by atoms with Crippen LogP contribution in [0.2, 0.25) is 0 Å². The molecule has 2 saturated heterocycles. The number of rotatable bonds is 3. The lowest BCUT2D eigenvalue weighted by Gasteiger charge is -2.46. The Bertz CT molecular complexity index is 748. The zero-order chi connectivity index (χ0) is 18.4. The molecular formula is C14H21N3O8. The molecule has 0 radical (unpaired) electrons. The summed E-state index contributed by atoms with van der Waals surface area (Å²) in [5, 5.41) is 39.7. The van der Waals surface area contributed by atoms with Crippen molar-refractivity contribution >= 4 is 0 Å². The lowest BCUT2D eigenvalue weighted by molar-refractivity contribution is -0.324. The van der Waals surface area contributed by atoms with Crippen LogP contribution in [-0.4, -0.2) is 79.4 Å². The van der Waals surface area contributed by atoms with Crippen molar-refractivity contribution in [2.24, 2.45) is 0 Å². The fourth-order valence-electron chi connectivity index (χ4n) is 3.26. The van der Waals surface area contributed by atoms with Gasteiger partial charge in [-0.3, -0.25) is 14.3 Å². The van der Waals surface area contributed by atoms with Gasteiger partial charge in [-0.15, -0.1) is 0 Å². The van der Waals surface area contributed by atoms with Gasteiger partial charge < -0.3 is 29.9 Å². The van der Waals surface area contributed by atoms with E-state index in [1.54, 1.807) is 0 Å². The molecule has 0 amide bonds. The van der Waals surface area contributed by atoms with Crippen LogP contribution in [0.15, 0.2) is 15.8 Å². The summed E-state index contributed by atoms with van der Waals surface area (Å²) >= 11 is 0. The normalized spacial score (nSPS) is 36.7. The highest BCUT2D eigenvalue weighted by Crippen LogP contribution is 2.39. The average molecular weight is 359 g/mol. The van der Waals surface area contributed by atoms with E-state index < -0.39 is 48.4 Å². The first-order valence-electron chi connectivity index (χ1n) is 7.84. The van der Waals surface area contributed by atoms with Crippen molar-refractivity contribution < 1.29 is 29.9 Å². The number of nitrogens with one attached hydrogen (secondary N) is 1. The molecule has 25 heavy (non-hydrogen) atoms. The van der Waals surface area contributed by atoms with Crippen LogP contribution in [0.4, 0.5) is 0 Å². The Hall–Kier alpha value is -1.60. The van der Waals surface area contributed by atoms with Crippen LogP contribution in [0.3, 0.4) is 0 Å². The Morgan fingerprint density at radius 3 is 2.72 bits per heavy atom. The molecule has 1 aromatic heterocycles. The Morgan fingerprint density at radius 1 is 1.36 bits per heavy atom. The van der Waals surface area contributed by atoms with E-state index in [0.717, 1.165) is 4.57 Å². The maximum absolute atomic E-state index is 12.4. The molecule has 5 atom stereocenters. The monoisotopic (exact) mass is 359 g/mol. The summed E-state index contributed by atoms with van der Waals surface area (Å²) in [7, 11) is 0. The Kier molecular flexibility index (Phi) is 4.81. The summed E-state index contributed by atoms with van der Waals surface area (Å²) in [4.78, 5) is 27.5. The van der Waals surface area contributed by atoms with Crippen LogP contribution in [0, 0.1) is 6.92 Å². The number of aromatic amines is 1. The van der Waals surface area contributed by atoms with Crippen LogP contribution >= 0.6 is 0 Å². The largest absolute Gasteiger partial charge is 0.394 e. The second-order valence-corrected chi connectivity index (χ2v) is 6.16. The highest BCUT2D eigenvalue weighted by atomic mass is 16.6. The molecule has 2 fully saturated rings. The van der Waals surface area contributed by atoms with Gasteiger partial charge in [0.05, 0.1) is 19.3 Å². The summed E-state index contributed by atoms with van der Waals surface area (Å²) in [5.41, 5.74) is -1.17. The smallest absolute Gasteiger partial charge is 0.331 e. The number of aliphatic hydroxyl groups excluding tert-OH is 4. The number of ether oxygens (including phenoxy) is 2. The molecule has 2 unspecified atom stereocenters. The van der Waals surface area contributed by atoms with Gasteiger partial charge in [-0.05, 0) is 6.92 Å². The van der Waals surface area contributed by atoms with Gasteiger partial charge in [-0.1, -0.05) is 0 Å². The van der Waals surface area contributed by atoms with E-state index in [1.807, 2.05) is 0 Å². The number of hydrogen-bond donors (Lipinski definition) is 5. The summed E-state index contributed by atoms with van der Waals surface area (Å²) < 4.78 is 11.8. The molecule has 11 nitrogen and oxygen atoms in total. The topological polar surface area (TPSA) is 157 Å². The minimum Gasteiger partial charge on any atom is -0.394 e. The molecule has 1 aromatic rings. The fraction of sp³-hybridized carbons (Fsp3) is 0.714. The minimum absolute atomic E-state index is 0.0420.